The molecule has 3 atom stereocenters. The van der Waals surface area contributed by atoms with Crippen molar-refractivity contribution in [3.8, 4) is 0 Å². The van der Waals surface area contributed by atoms with Gasteiger partial charge in [-0.1, -0.05) is 19.8 Å². The summed E-state index contributed by atoms with van der Waals surface area (Å²) in [5, 5.41) is 7.12. The summed E-state index contributed by atoms with van der Waals surface area (Å²) in [6.45, 7) is 7.14. The van der Waals surface area contributed by atoms with Gasteiger partial charge in [-0.15, -0.1) is 0 Å². The average molecular weight is 272 g/mol. The maximum atomic E-state index is 11.9. The molecule has 0 spiro atoms. The maximum absolute atomic E-state index is 11.9. The highest BCUT2D eigenvalue weighted by molar-refractivity contribution is 7.99. The number of nitrogens with one attached hydrogen (secondary N) is 2. The van der Waals surface area contributed by atoms with Crippen molar-refractivity contribution < 1.29 is 4.79 Å². The molecule has 2 N–H and O–H groups in total. The Kier molecular flexibility index (Phi) is 7.75. The quantitative estimate of drug-likeness (QED) is 0.748. The molecule has 0 bridgehead atoms. The summed E-state index contributed by atoms with van der Waals surface area (Å²) in [4.78, 5) is 11.9. The molecule has 0 radical (unpaired) electrons. The Hall–Kier alpha value is -0.220. The van der Waals surface area contributed by atoms with Crippen molar-refractivity contribution in [2.24, 2.45) is 0 Å². The molecule has 3 nitrogen and oxygen atoms in total. The van der Waals surface area contributed by atoms with Crippen molar-refractivity contribution in [2.75, 3.05) is 12.3 Å². The third-order valence-electron chi connectivity index (χ3n) is 3.43. The van der Waals surface area contributed by atoms with Crippen molar-refractivity contribution in [2.45, 2.75) is 70.2 Å². The molecule has 3 unspecified atom stereocenters. The molecule has 0 aliphatic carbocycles. The zero-order valence-electron chi connectivity index (χ0n) is 12.0. The largest absolute Gasteiger partial charge is 0.352 e. The van der Waals surface area contributed by atoms with E-state index in [1.165, 1.54) is 25.0 Å². The van der Waals surface area contributed by atoms with Crippen molar-refractivity contribution in [3.05, 3.63) is 0 Å². The van der Waals surface area contributed by atoms with Gasteiger partial charge in [0.05, 0.1) is 6.04 Å². The van der Waals surface area contributed by atoms with Gasteiger partial charge in [-0.25, -0.2) is 0 Å². The molecular formula is C14H28N2OS. The molecule has 0 aromatic heterocycles. The molecule has 1 heterocycles. The predicted molar refractivity (Wildman–Crippen MR) is 80.1 cm³/mol. The first kappa shape index (κ1) is 15.8. The van der Waals surface area contributed by atoms with Crippen molar-refractivity contribution >= 4 is 17.7 Å². The van der Waals surface area contributed by atoms with E-state index in [1.54, 1.807) is 0 Å². The molecule has 0 saturated carbocycles. The Morgan fingerprint density at radius 3 is 2.78 bits per heavy atom. The number of hydrogen-bond donors (Lipinski definition) is 2. The zero-order valence-corrected chi connectivity index (χ0v) is 12.8. The fourth-order valence-electron chi connectivity index (χ4n) is 2.24. The number of hydrogen-bond acceptors (Lipinski definition) is 3. The Labute approximate surface area is 116 Å². The van der Waals surface area contributed by atoms with Gasteiger partial charge in [-0.2, -0.15) is 11.8 Å². The summed E-state index contributed by atoms with van der Waals surface area (Å²) < 4.78 is 0. The van der Waals surface area contributed by atoms with Crippen LogP contribution in [0.25, 0.3) is 0 Å². The second-order valence-electron chi connectivity index (χ2n) is 5.32. The fourth-order valence-corrected chi connectivity index (χ4v) is 3.49. The van der Waals surface area contributed by atoms with Crippen molar-refractivity contribution in [1.29, 1.82) is 0 Å². The zero-order chi connectivity index (χ0) is 13.4. The lowest BCUT2D eigenvalue weighted by Gasteiger charge is -2.24. The SMILES string of the molecule is CCCC(C)NC(=O)C(C)NCC1CCCCS1. The molecule has 0 aromatic rings. The summed E-state index contributed by atoms with van der Waals surface area (Å²) in [6, 6.07) is 0.211. The number of carbonyl (C=O) groups is 1. The molecule has 4 heteroatoms. The number of rotatable bonds is 7. The van der Waals surface area contributed by atoms with Crippen LogP contribution < -0.4 is 10.6 Å². The minimum absolute atomic E-state index is 0.0770. The second kappa shape index (κ2) is 8.81. The summed E-state index contributed by atoms with van der Waals surface area (Å²) in [6.07, 6.45) is 6.15. The van der Waals surface area contributed by atoms with E-state index in [0.717, 1.165) is 19.4 Å². The van der Waals surface area contributed by atoms with Gasteiger partial charge in [0.15, 0.2) is 0 Å². The minimum atomic E-state index is -0.0770. The Balaban J connectivity index is 2.18. The van der Waals surface area contributed by atoms with Crippen LogP contribution in [0.3, 0.4) is 0 Å². The summed E-state index contributed by atoms with van der Waals surface area (Å²) >= 11 is 2.04. The first-order valence-corrected chi connectivity index (χ1v) is 8.33. The van der Waals surface area contributed by atoms with E-state index in [4.69, 9.17) is 0 Å². The van der Waals surface area contributed by atoms with E-state index < -0.39 is 0 Å². The van der Waals surface area contributed by atoms with Gasteiger partial charge in [-0.3, -0.25) is 4.79 Å². The van der Waals surface area contributed by atoms with Crippen LogP contribution in [0, 0.1) is 0 Å². The molecule has 1 aliphatic heterocycles. The molecular weight excluding hydrogens is 244 g/mol. The molecule has 106 valence electrons. The Morgan fingerprint density at radius 2 is 2.17 bits per heavy atom. The van der Waals surface area contributed by atoms with E-state index in [0.29, 0.717) is 5.25 Å². The van der Waals surface area contributed by atoms with E-state index in [2.05, 4.69) is 24.5 Å². The Bertz CT molecular complexity index is 242. The lowest BCUT2D eigenvalue weighted by atomic mass is 10.1. The first-order valence-electron chi connectivity index (χ1n) is 7.28. The average Bonchev–Trinajstić information content (AvgIpc) is 2.37. The third-order valence-corrected chi connectivity index (χ3v) is 4.83. The predicted octanol–water partition coefficient (Wildman–Crippen LogP) is 2.56. The van der Waals surface area contributed by atoms with E-state index in [9.17, 15) is 4.79 Å². The molecule has 0 aromatic carbocycles. The first-order chi connectivity index (χ1) is 8.63. The Morgan fingerprint density at radius 1 is 1.39 bits per heavy atom. The minimum Gasteiger partial charge on any atom is -0.352 e. The highest BCUT2D eigenvalue weighted by Gasteiger charge is 2.18. The van der Waals surface area contributed by atoms with Crippen LogP contribution in [0.1, 0.15) is 52.9 Å². The number of amides is 1. The van der Waals surface area contributed by atoms with E-state index in [-0.39, 0.29) is 18.0 Å². The summed E-state index contributed by atoms with van der Waals surface area (Å²) in [7, 11) is 0. The smallest absolute Gasteiger partial charge is 0.237 e. The second-order valence-corrected chi connectivity index (χ2v) is 6.73. The maximum Gasteiger partial charge on any atom is 0.237 e. The van der Waals surface area contributed by atoms with Crippen LogP contribution in [0.15, 0.2) is 0 Å². The molecule has 1 fully saturated rings. The molecule has 18 heavy (non-hydrogen) atoms. The molecule has 1 saturated heterocycles. The van der Waals surface area contributed by atoms with Gasteiger partial charge in [-0.05, 0) is 38.9 Å². The van der Waals surface area contributed by atoms with E-state index in [1.807, 2.05) is 18.7 Å². The lowest BCUT2D eigenvalue weighted by molar-refractivity contribution is -0.123. The van der Waals surface area contributed by atoms with Gasteiger partial charge in [0.2, 0.25) is 5.91 Å². The van der Waals surface area contributed by atoms with Gasteiger partial charge in [0.1, 0.15) is 0 Å². The normalized spacial score (nSPS) is 23.4. The molecule has 1 rings (SSSR count). The van der Waals surface area contributed by atoms with E-state index >= 15 is 0 Å². The highest BCUT2D eigenvalue weighted by Crippen LogP contribution is 2.24. The summed E-state index contributed by atoms with van der Waals surface area (Å²) in [5.41, 5.74) is 0. The van der Waals surface area contributed by atoms with Crippen LogP contribution in [0.2, 0.25) is 0 Å². The number of thioether (sulfide) groups is 1. The van der Waals surface area contributed by atoms with Crippen LogP contribution in [-0.4, -0.2) is 35.5 Å². The van der Waals surface area contributed by atoms with Crippen LogP contribution >= 0.6 is 11.8 Å². The van der Waals surface area contributed by atoms with Gasteiger partial charge >= 0.3 is 0 Å². The standard InChI is InChI=1S/C14H28N2OS/c1-4-7-11(2)16-14(17)12(3)15-10-13-8-5-6-9-18-13/h11-13,15H,4-10H2,1-3H3,(H,16,17). The molecule has 1 aliphatic rings. The highest BCUT2D eigenvalue weighted by atomic mass is 32.2. The fraction of sp³-hybridized carbons (Fsp3) is 0.929. The monoisotopic (exact) mass is 272 g/mol. The van der Waals surface area contributed by atoms with Gasteiger partial charge in [0.25, 0.3) is 0 Å². The lowest BCUT2D eigenvalue weighted by Crippen LogP contribution is -2.47. The number of carbonyl (C=O) groups excluding carboxylic acids is 1. The summed E-state index contributed by atoms with van der Waals surface area (Å²) in [5.74, 6) is 1.41. The van der Waals surface area contributed by atoms with Crippen molar-refractivity contribution in [1.82, 2.24) is 10.6 Å². The van der Waals surface area contributed by atoms with Crippen LogP contribution in [0.4, 0.5) is 0 Å². The van der Waals surface area contributed by atoms with Crippen LogP contribution in [0.5, 0.6) is 0 Å². The van der Waals surface area contributed by atoms with Crippen molar-refractivity contribution in [3.63, 3.8) is 0 Å². The third kappa shape index (κ3) is 6.10. The van der Waals surface area contributed by atoms with Gasteiger partial charge in [0, 0.05) is 17.8 Å². The topological polar surface area (TPSA) is 41.1 Å². The molecule has 1 amide bonds. The van der Waals surface area contributed by atoms with Gasteiger partial charge < -0.3 is 10.6 Å². The van der Waals surface area contributed by atoms with Crippen LogP contribution in [-0.2, 0) is 4.79 Å².